The van der Waals surface area contributed by atoms with E-state index in [0.717, 1.165) is 19.4 Å². The summed E-state index contributed by atoms with van der Waals surface area (Å²) < 4.78 is 0. The van der Waals surface area contributed by atoms with E-state index in [9.17, 15) is 14.7 Å². The average Bonchev–Trinajstić information content (AvgIpc) is 2.38. The van der Waals surface area contributed by atoms with Crippen LogP contribution >= 0.6 is 0 Å². The summed E-state index contributed by atoms with van der Waals surface area (Å²) in [4.78, 5) is 27.4. The van der Waals surface area contributed by atoms with Gasteiger partial charge in [0.05, 0.1) is 5.56 Å². The third kappa shape index (κ3) is 3.35. The molecule has 0 saturated carbocycles. The lowest BCUT2D eigenvalue weighted by atomic mass is 9.96. The summed E-state index contributed by atoms with van der Waals surface area (Å²) in [5.74, 6) is 0.131. The smallest absolute Gasteiger partial charge is 0.254 e. The first-order valence-electron chi connectivity index (χ1n) is 6.47. The summed E-state index contributed by atoms with van der Waals surface area (Å²) in [6, 6.07) is 2.52. The van der Waals surface area contributed by atoms with Crippen molar-refractivity contribution in [3.63, 3.8) is 0 Å². The average molecular weight is 265 g/mol. The van der Waals surface area contributed by atoms with Gasteiger partial charge in [0, 0.05) is 25.2 Å². The Hall–Kier alpha value is -1.82. The number of carbonyl (C=O) groups excluding carboxylic acids is 1. The second-order valence-corrected chi connectivity index (χ2v) is 4.91. The second kappa shape index (κ2) is 5.88. The molecule has 1 aromatic rings. The Labute approximate surface area is 111 Å². The molecular formula is C13H19N3O3. The molecule has 1 fully saturated rings. The van der Waals surface area contributed by atoms with Crippen LogP contribution in [0, 0.1) is 5.92 Å². The molecule has 3 N–H and O–H groups in total. The minimum Gasteiger partial charge on any atom is -0.494 e. The number of likely N-dealkylation sites (tertiary alicyclic amines) is 1. The molecule has 1 aromatic heterocycles. The SMILES string of the molecule is CNCC1CCN(C(=O)c2cc(O)[nH]c(=O)c2)CC1. The highest BCUT2D eigenvalue weighted by Crippen LogP contribution is 2.18. The molecule has 19 heavy (non-hydrogen) atoms. The van der Waals surface area contributed by atoms with Crippen LogP contribution in [-0.2, 0) is 0 Å². The van der Waals surface area contributed by atoms with Crippen molar-refractivity contribution < 1.29 is 9.90 Å². The van der Waals surface area contributed by atoms with Gasteiger partial charge in [0.2, 0.25) is 0 Å². The number of amides is 1. The normalized spacial score (nSPS) is 16.6. The highest BCUT2D eigenvalue weighted by atomic mass is 16.3. The second-order valence-electron chi connectivity index (χ2n) is 4.91. The molecule has 2 rings (SSSR count). The van der Waals surface area contributed by atoms with Crippen LogP contribution < -0.4 is 10.9 Å². The van der Waals surface area contributed by atoms with Crippen molar-refractivity contribution in [2.75, 3.05) is 26.7 Å². The van der Waals surface area contributed by atoms with Crippen molar-refractivity contribution in [1.82, 2.24) is 15.2 Å². The molecule has 1 amide bonds. The third-order valence-electron chi connectivity index (χ3n) is 3.47. The van der Waals surface area contributed by atoms with Gasteiger partial charge < -0.3 is 15.3 Å². The summed E-state index contributed by atoms with van der Waals surface area (Å²) in [6.45, 7) is 2.35. The maximum absolute atomic E-state index is 12.2. The molecule has 0 aromatic carbocycles. The van der Waals surface area contributed by atoms with E-state index in [1.54, 1.807) is 4.90 Å². The summed E-state index contributed by atoms with van der Waals surface area (Å²) in [5.41, 5.74) is -0.221. The molecule has 1 aliphatic rings. The predicted octanol–water partition coefficient (Wildman–Crippen LogP) is 0.152. The largest absolute Gasteiger partial charge is 0.494 e. The third-order valence-corrected chi connectivity index (χ3v) is 3.47. The number of carbonyl (C=O) groups is 1. The highest BCUT2D eigenvalue weighted by molar-refractivity contribution is 5.94. The number of nitrogens with one attached hydrogen (secondary N) is 2. The maximum Gasteiger partial charge on any atom is 0.254 e. The van der Waals surface area contributed by atoms with Crippen molar-refractivity contribution in [3.05, 3.63) is 28.0 Å². The fourth-order valence-electron chi connectivity index (χ4n) is 2.46. The Balaban J connectivity index is 2.03. The number of rotatable bonds is 3. The number of hydrogen-bond donors (Lipinski definition) is 3. The number of hydrogen-bond acceptors (Lipinski definition) is 4. The molecule has 0 aliphatic carbocycles. The molecule has 6 nitrogen and oxygen atoms in total. The van der Waals surface area contributed by atoms with Gasteiger partial charge in [-0.3, -0.25) is 14.6 Å². The van der Waals surface area contributed by atoms with Crippen molar-refractivity contribution in [1.29, 1.82) is 0 Å². The Morgan fingerprint density at radius 3 is 2.74 bits per heavy atom. The molecule has 0 atom stereocenters. The van der Waals surface area contributed by atoms with Crippen molar-refractivity contribution >= 4 is 5.91 Å². The van der Waals surface area contributed by atoms with Gasteiger partial charge in [-0.15, -0.1) is 0 Å². The summed E-state index contributed by atoms with van der Waals surface area (Å²) >= 11 is 0. The number of aromatic hydroxyl groups is 1. The Kier molecular flexibility index (Phi) is 4.21. The van der Waals surface area contributed by atoms with Crippen LogP contribution in [-0.4, -0.2) is 47.6 Å². The van der Waals surface area contributed by atoms with E-state index < -0.39 is 5.56 Å². The lowest BCUT2D eigenvalue weighted by Gasteiger charge is -2.32. The van der Waals surface area contributed by atoms with E-state index in [0.29, 0.717) is 19.0 Å². The quantitative estimate of drug-likeness (QED) is 0.726. The number of nitrogens with zero attached hydrogens (tertiary/aromatic N) is 1. The minimum absolute atomic E-state index is 0.190. The molecule has 1 aliphatic heterocycles. The molecular weight excluding hydrogens is 246 g/mol. The molecule has 2 heterocycles. The highest BCUT2D eigenvalue weighted by Gasteiger charge is 2.23. The Morgan fingerprint density at radius 2 is 2.16 bits per heavy atom. The van der Waals surface area contributed by atoms with Crippen LogP contribution in [0.4, 0.5) is 0 Å². The van der Waals surface area contributed by atoms with E-state index >= 15 is 0 Å². The first kappa shape index (κ1) is 13.6. The number of aromatic nitrogens is 1. The van der Waals surface area contributed by atoms with Crippen molar-refractivity contribution in [2.45, 2.75) is 12.8 Å². The van der Waals surface area contributed by atoms with E-state index in [4.69, 9.17) is 0 Å². The number of piperidine rings is 1. The Bertz CT molecular complexity index is 504. The number of pyridine rings is 1. The molecule has 6 heteroatoms. The van der Waals surface area contributed by atoms with Crippen molar-refractivity contribution in [3.8, 4) is 5.88 Å². The van der Waals surface area contributed by atoms with E-state index in [1.165, 1.54) is 12.1 Å². The first-order chi connectivity index (χ1) is 9.10. The summed E-state index contributed by atoms with van der Waals surface area (Å²) in [5, 5.41) is 12.5. The molecule has 1 saturated heterocycles. The summed E-state index contributed by atoms with van der Waals surface area (Å²) in [7, 11) is 1.93. The van der Waals surface area contributed by atoms with Gasteiger partial charge in [-0.1, -0.05) is 0 Å². The van der Waals surface area contributed by atoms with Crippen LogP contribution in [0.2, 0.25) is 0 Å². The zero-order valence-electron chi connectivity index (χ0n) is 11.0. The van der Waals surface area contributed by atoms with Gasteiger partial charge in [-0.2, -0.15) is 0 Å². The predicted molar refractivity (Wildman–Crippen MR) is 71.3 cm³/mol. The fourth-order valence-corrected chi connectivity index (χ4v) is 2.46. The molecule has 104 valence electrons. The summed E-state index contributed by atoms with van der Waals surface area (Å²) in [6.07, 6.45) is 1.92. The van der Waals surface area contributed by atoms with Crippen LogP contribution in [0.25, 0.3) is 0 Å². The van der Waals surface area contributed by atoms with Gasteiger partial charge in [-0.05, 0) is 32.4 Å². The van der Waals surface area contributed by atoms with Crippen LogP contribution in [0.5, 0.6) is 5.88 Å². The fraction of sp³-hybridized carbons (Fsp3) is 0.538. The van der Waals surface area contributed by atoms with Crippen LogP contribution in [0.15, 0.2) is 16.9 Å². The lowest BCUT2D eigenvalue weighted by Crippen LogP contribution is -2.40. The number of H-pyrrole nitrogens is 1. The van der Waals surface area contributed by atoms with Crippen molar-refractivity contribution in [2.24, 2.45) is 5.92 Å². The van der Waals surface area contributed by atoms with Gasteiger partial charge in [0.1, 0.15) is 0 Å². The number of aromatic amines is 1. The van der Waals surface area contributed by atoms with Gasteiger partial charge >= 0.3 is 0 Å². The maximum atomic E-state index is 12.2. The molecule has 0 spiro atoms. The van der Waals surface area contributed by atoms with Gasteiger partial charge in [0.25, 0.3) is 11.5 Å². The molecule has 0 bridgehead atoms. The standard InChI is InChI=1S/C13H19N3O3/c1-14-8-9-2-4-16(5-3-9)13(19)10-6-11(17)15-12(18)7-10/h6-7,9,14H,2-5,8H2,1H3,(H2,15,17,18). The molecule has 0 radical (unpaired) electrons. The van der Waals surface area contributed by atoms with Crippen LogP contribution in [0.1, 0.15) is 23.2 Å². The monoisotopic (exact) mass is 265 g/mol. The van der Waals surface area contributed by atoms with E-state index in [-0.39, 0.29) is 17.4 Å². The van der Waals surface area contributed by atoms with Crippen LogP contribution in [0.3, 0.4) is 0 Å². The minimum atomic E-state index is -0.464. The van der Waals surface area contributed by atoms with Gasteiger partial charge in [0.15, 0.2) is 5.88 Å². The zero-order chi connectivity index (χ0) is 13.8. The topological polar surface area (TPSA) is 85.4 Å². The van der Waals surface area contributed by atoms with Gasteiger partial charge in [-0.25, -0.2) is 0 Å². The lowest BCUT2D eigenvalue weighted by molar-refractivity contribution is 0.0690. The first-order valence-corrected chi connectivity index (χ1v) is 6.47. The zero-order valence-corrected chi connectivity index (χ0v) is 11.0. The molecule has 0 unspecified atom stereocenters. The Morgan fingerprint density at radius 1 is 1.47 bits per heavy atom. The van der Waals surface area contributed by atoms with E-state index in [1.807, 2.05) is 7.05 Å². The van der Waals surface area contributed by atoms with E-state index in [2.05, 4.69) is 10.3 Å².